The normalized spacial score (nSPS) is 20.1. The van der Waals surface area contributed by atoms with E-state index in [2.05, 4.69) is 31.9 Å². The van der Waals surface area contributed by atoms with Crippen molar-refractivity contribution in [1.82, 2.24) is 4.90 Å². The quantitative estimate of drug-likeness (QED) is 0.905. The fourth-order valence-corrected chi connectivity index (χ4v) is 3.07. The summed E-state index contributed by atoms with van der Waals surface area (Å²) in [7, 11) is 2.21. The Balaban J connectivity index is 1.92. The zero-order valence-electron chi connectivity index (χ0n) is 12.8. The van der Waals surface area contributed by atoms with E-state index in [-0.39, 0.29) is 0 Å². The first-order valence-electron chi connectivity index (χ1n) is 7.40. The summed E-state index contributed by atoms with van der Waals surface area (Å²) in [6.07, 6.45) is 5.25. The molecule has 0 atom stereocenters. The molecule has 1 heterocycles. The molecule has 0 saturated heterocycles. The van der Waals surface area contributed by atoms with Gasteiger partial charge in [0.25, 0.3) is 0 Å². The maximum absolute atomic E-state index is 5.79. The predicted octanol–water partition coefficient (Wildman–Crippen LogP) is 3.45. The molecule has 1 aliphatic carbocycles. The van der Waals surface area contributed by atoms with Crippen LogP contribution in [0.3, 0.4) is 0 Å². The Morgan fingerprint density at radius 1 is 1.37 bits per heavy atom. The number of aryl methyl sites for hydroxylation is 1. The van der Waals surface area contributed by atoms with Gasteiger partial charge in [0.05, 0.1) is 6.54 Å². The van der Waals surface area contributed by atoms with E-state index in [1.165, 1.54) is 25.7 Å². The molecule has 3 nitrogen and oxygen atoms in total. The fourth-order valence-electron chi connectivity index (χ4n) is 3.07. The largest absolute Gasteiger partial charge is 0.465 e. The molecule has 1 fully saturated rings. The van der Waals surface area contributed by atoms with Crippen molar-refractivity contribution >= 4 is 0 Å². The Kier molecular flexibility index (Phi) is 4.36. The van der Waals surface area contributed by atoms with Crippen LogP contribution in [0.1, 0.15) is 56.6 Å². The van der Waals surface area contributed by atoms with Crippen LogP contribution in [0.2, 0.25) is 0 Å². The van der Waals surface area contributed by atoms with Gasteiger partial charge in [0.2, 0.25) is 0 Å². The van der Waals surface area contributed by atoms with Crippen molar-refractivity contribution in [3.8, 4) is 0 Å². The molecule has 2 N–H and O–H groups in total. The van der Waals surface area contributed by atoms with E-state index in [0.717, 1.165) is 23.6 Å². The first-order valence-corrected chi connectivity index (χ1v) is 7.40. The van der Waals surface area contributed by atoms with E-state index in [0.29, 0.717) is 18.0 Å². The molecule has 19 heavy (non-hydrogen) atoms. The highest BCUT2D eigenvalue weighted by molar-refractivity contribution is 5.20. The lowest BCUT2D eigenvalue weighted by molar-refractivity contribution is 0.117. The molecule has 0 amide bonds. The molecule has 1 saturated carbocycles. The standard InChI is InChI=1S/C16H28N2O/c1-12-13(10-17)9-15(19-12)11-18(4)14-5-7-16(2,3)8-6-14/h9,14H,5-8,10-11,17H2,1-4H3. The number of hydrogen-bond acceptors (Lipinski definition) is 3. The van der Waals surface area contributed by atoms with Gasteiger partial charge < -0.3 is 10.2 Å². The average Bonchev–Trinajstić information content (AvgIpc) is 2.69. The maximum atomic E-state index is 5.79. The summed E-state index contributed by atoms with van der Waals surface area (Å²) in [5.74, 6) is 2.01. The first-order chi connectivity index (χ1) is 8.91. The third-order valence-corrected chi connectivity index (χ3v) is 4.63. The van der Waals surface area contributed by atoms with Crippen molar-refractivity contribution in [3.05, 3.63) is 23.2 Å². The molecule has 3 heteroatoms. The van der Waals surface area contributed by atoms with Gasteiger partial charge in [-0.15, -0.1) is 0 Å². The minimum atomic E-state index is 0.533. The molecule has 1 aromatic rings. The van der Waals surface area contributed by atoms with Gasteiger partial charge >= 0.3 is 0 Å². The number of hydrogen-bond donors (Lipinski definition) is 1. The van der Waals surface area contributed by atoms with Crippen LogP contribution in [-0.2, 0) is 13.1 Å². The molecule has 0 aromatic carbocycles. The number of rotatable bonds is 4. The minimum Gasteiger partial charge on any atom is -0.465 e. The van der Waals surface area contributed by atoms with Crippen LogP contribution in [-0.4, -0.2) is 18.0 Å². The lowest BCUT2D eigenvalue weighted by Crippen LogP contribution is -2.36. The first kappa shape index (κ1) is 14.6. The molecule has 1 aromatic heterocycles. The summed E-state index contributed by atoms with van der Waals surface area (Å²) in [4.78, 5) is 2.44. The third kappa shape index (κ3) is 3.61. The summed E-state index contributed by atoms with van der Waals surface area (Å²) in [6, 6.07) is 2.80. The van der Waals surface area contributed by atoms with Gasteiger partial charge in [-0.25, -0.2) is 0 Å². The van der Waals surface area contributed by atoms with Gasteiger partial charge in [-0.05, 0) is 51.1 Å². The van der Waals surface area contributed by atoms with Gasteiger partial charge in [-0.1, -0.05) is 13.8 Å². The fraction of sp³-hybridized carbons (Fsp3) is 0.750. The topological polar surface area (TPSA) is 42.4 Å². The number of nitrogens with zero attached hydrogens (tertiary/aromatic N) is 1. The smallest absolute Gasteiger partial charge is 0.118 e. The molecule has 1 aliphatic rings. The molecule has 0 radical (unpaired) electrons. The second-order valence-electron chi connectivity index (χ2n) is 6.81. The molecule has 0 bridgehead atoms. The summed E-state index contributed by atoms with van der Waals surface area (Å²) in [5.41, 5.74) is 7.36. The molecule has 0 aliphatic heterocycles. The minimum absolute atomic E-state index is 0.533. The summed E-state index contributed by atoms with van der Waals surface area (Å²) in [6.45, 7) is 8.22. The highest BCUT2D eigenvalue weighted by Gasteiger charge is 2.29. The van der Waals surface area contributed by atoms with E-state index in [1.54, 1.807) is 0 Å². The SMILES string of the molecule is Cc1oc(CN(C)C2CCC(C)(C)CC2)cc1CN. The highest BCUT2D eigenvalue weighted by Crippen LogP contribution is 2.36. The maximum Gasteiger partial charge on any atom is 0.118 e. The summed E-state index contributed by atoms with van der Waals surface area (Å²) in [5, 5.41) is 0. The second-order valence-corrected chi connectivity index (χ2v) is 6.81. The number of furan rings is 1. The van der Waals surface area contributed by atoms with Crippen molar-refractivity contribution in [2.75, 3.05) is 7.05 Å². The van der Waals surface area contributed by atoms with E-state index >= 15 is 0 Å². The third-order valence-electron chi connectivity index (χ3n) is 4.63. The van der Waals surface area contributed by atoms with Gasteiger partial charge in [0, 0.05) is 18.2 Å². The second kappa shape index (κ2) is 5.68. The predicted molar refractivity (Wildman–Crippen MR) is 78.8 cm³/mol. The van der Waals surface area contributed by atoms with Gasteiger partial charge in [-0.3, -0.25) is 4.90 Å². The van der Waals surface area contributed by atoms with Crippen molar-refractivity contribution in [2.45, 2.75) is 65.6 Å². The van der Waals surface area contributed by atoms with Crippen molar-refractivity contribution in [1.29, 1.82) is 0 Å². The Hall–Kier alpha value is -0.800. The molecule has 0 unspecified atom stereocenters. The van der Waals surface area contributed by atoms with Gasteiger partial charge in [-0.2, -0.15) is 0 Å². The Bertz CT molecular complexity index is 412. The van der Waals surface area contributed by atoms with Gasteiger partial charge in [0.1, 0.15) is 11.5 Å². The molecule has 2 rings (SSSR count). The zero-order valence-corrected chi connectivity index (χ0v) is 12.8. The average molecular weight is 264 g/mol. The number of nitrogens with two attached hydrogens (primary N) is 1. The monoisotopic (exact) mass is 264 g/mol. The Labute approximate surface area is 117 Å². The molecular weight excluding hydrogens is 236 g/mol. The lowest BCUT2D eigenvalue weighted by atomic mass is 9.75. The van der Waals surface area contributed by atoms with Crippen LogP contribution < -0.4 is 5.73 Å². The van der Waals surface area contributed by atoms with Crippen LogP contribution in [0.15, 0.2) is 10.5 Å². The highest BCUT2D eigenvalue weighted by atomic mass is 16.3. The Morgan fingerprint density at radius 3 is 2.53 bits per heavy atom. The zero-order chi connectivity index (χ0) is 14.0. The van der Waals surface area contributed by atoms with E-state index in [1.807, 2.05) is 6.92 Å². The van der Waals surface area contributed by atoms with E-state index < -0.39 is 0 Å². The van der Waals surface area contributed by atoms with E-state index in [4.69, 9.17) is 10.2 Å². The van der Waals surface area contributed by atoms with Crippen molar-refractivity contribution in [3.63, 3.8) is 0 Å². The molecule has 0 spiro atoms. The molecular formula is C16H28N2O. The molecule has 108 valence electrons. The van der Waals surface area contributed by atoms with Crippen LogP contribution >= 0.6 is 0 Å². The van der Waals surface area contributed by atoms with Crippen LogP contribution in [0.4, 0.5) is 0 Å². The summed E-state index contributed by atoms with van der Waals surface area (Å²) < 4.78 is 5.79. The summed E-state index contributed by atoms with van der Waals surface area (Å²) >= 11 is 0. The van der Waals surface area contributed by atoms with E-state index in [9.17, 15) is 0 Å². The van der Waals surface area contributed by atoms with Crippen molar-refractivity contribution in [2.24, 2.45) is 11.1 Å². The van der Waals surface area contributed by atoms with Crippen LogP contribution in [0.5, 0.6) is 0 Å². The van der Waals surface area contributed by atoms with Crippen LogP contribution in [0.25, 0.3) is 0 Å². The van der Waals surface area contributed by atoms with Crippen molar-refractivity contribution < 1.29 is 4.42 Å². The van der Waals surface area contributed by atoms with Crippen LogP contribution in [0, 0.1) is 12.3 Å². The lowest BCUT2D eigenvalue weighted by Gasteiger charge is -2.38. The Morgan fingerprint density at radius 2 is 2.00 bits per heavy atom. The van der Waals surface area contributed by atoms with Gasteiger partial charge in [0.15, 0.2) is 0 Å².